The number of H-pyrrole nitrogens is 1. The number of carbonyl (C=O) groups excluding carboxylic acids is 1. The minimum absolute atomic E-state index is 0.131. The van der Waals surface area contributed by atoms with E-state index in [9.17, 15) is 18.0 Å². The molecule has 3 N–H and O–H groups in total. The summed E-state index contributed by atoms with van der Waals surface area (Å²) in [5.41, 5.74) is 1.15. The van der Waals surface area contributed by atoms with Crippen molar-refractivity contribution >= 4 is 22.8 Å². The molecule has 10 heteroatoms. The van der Waals surface area contributed by atoms with Crippen LogP contribution < -0.4 is 10.6 Å². The molecule has 1 aliphatic heterocycles. The standard InChI is InChI=1S/C22H21F3N6O/c1-31-9-8-16(28-21(32)27-15-5-2-13(12-26)3-6-15)11-19(31)20-29-17-7-4-14(22(23,24)25)10-18(17)30-20/h2-7,10,16,19H,8-9,11H2,1H3,(H,29,30)(H2,27,28,32). The van der Waals surface area contributed by atoms with Crippen LogP contribution in [0.2, 0.25) is 0 Å². The molecule has 166 valence electrons. The van der Waals surface area contributed by atoms with E-state index in [4.69, 9.17) is 5.26 Å². The molecule has 0 bridgehead atoms. The number of halogens is 3. The average Bonchev–Trinajstić information content (AvgIpc) is 3.18. The van der Waals surface area contributed by atoms with Crippen molar-refractivity contribution in [2.75, 3.05) is 18.9 Å². The molecule has 2 aromatic carbocycles. The number of aromatic nitrogens is 2. The highest BCUT2D eigenvalue weighted by molar-refractivity contribution is 5.89. The highest BCUT2D eigenvalue weighted by atomic mass is 19.4. The zero-order valence-corrected chi connectivity index (χ0v) is 17.2. The number of carbonyl (C=O) groups is 1. The summed E-state index contributed by atoms with van der Waals surface area (Å²) < 4.78 is 39.0. The van der Waals surface area contributed by atoms with Gasteiger partial charge in [0, 0.05) is 18.3 Å². The molecular weight excluding hydrogens is 421 g/mol. The van der Waals surface area contributed by atoms with Crippen LogP contribution in [0.25, 0.3) is 11.0 Å². The summed E-state index contributed by atoms with van der Waals surface area (Å²) in [6.45, 7) is 0.692. The first-order valence-corrected chi connectivity index (χ1v) is 10.1. The van der Waals surface area contributed by atoms with Gasteiger partial charge in [-0.1, -0.05) is 0 Å². The molecule has 0 saturated carbocycles. The van der Waals surface area contributed by atoms with Gasteiger partial charge in [0.25, 0.3) is 0 Å². The average molecular weight is 442 g/mol. The molecule has 7 nitrogen and oxygen atoms in total. The summed E-state index contributed by atoms with van der Waals surface area (Å²) in [6.07, 6.45) is -3.13. The lowest BCUT2D eigenvalue weighted by Gasteiger charge is -2.36. The van der Waals surface area contributed by atoms with Crippen LogP contribution in [0.15, 0.2) is 42.5 Å². The molecule has 1 saturated heterocycles. The summed E-state index contributed by atoms with van der Waals surface area (Å²) >= 11 is 0. The topological polar surface area (TPSA) is 96.8 Å². The van der Waals surface area contributed by atoms with Gasteiger partial charge in [-0.25, -0.2) is 9.78 Å². The van der Waals surface area contributed by atoms with E-state index in [2.05, 4.69) is 25.5 Å². The Morgan fingerprint density at radius 2 is 2.00 bits per heavy atom. The normalized spacial score (nSPS) is 19.5. The van der Waals surface area contributed by atoms with Gasteiger partial charge < -0.3 is 15.6 Å². The highest BCUT2D eigenvalue weighted by Crippen LogP contribution is 2.33. The minimum Gasteiger partial charge on any atom is -0.341 e. The van der Waals surface area contributed by atoms with E-state index in [0.717, 1.165) is 18.6 Å². The lowest BCUT2D eigenvalue weighted by Crippen LogP contribution is -2.46. The first kappa shape index (κ1) is 21.6. The van der Waals surface area contributed by atoms with Crippen molar-refractivity contribution in [1.82, 2.24) is 20.2 Å². The van der Waals surface area contributed by atoms with E-state index in [1.165, 1.54) is 6.07 Å². The van der Waals surface area contributed by atoms with Crippen LogP contribution in [0, 0.1) is 11.3 Å². The van der Waals surface area contributed by atoms with Crippen molar-refractivity contribution in [1.29, 1.82) is 5.26 Å². The van der Waals surface area contributed by atoms with Crippen molar-refractivity contribution < 1.29 is 18.0 Å². The van der Waals surface area contributed by atoms with E-state index >= 15 is 0 Å². The van der Waals surface area contributed by atoms with E-state index in [0.29, 0.717) is 41.1 Å². The SMILES string of the molecule is CN1CCC(NC(=O)Nc2ccc(C#N)cc2)CC1c1nc2ccc(C(F)(F)F)cc2[nH]1. The Morgan fingerprint density at radius 1 is 1.25 bits per heavy atom. The predicted octanol–water partition coefficient (Wildman–Crippen LogP) is 4.41. The molecule has 32 heavy (non-hydrogen) atoms. The molecular formula is C22H21F3N6O. The molecule has 0 spiro atoms. The number of amides is 2. The van der Waals surface area contributed by atoms with Gasteiger partial charge in [0.1, 0.15) is 5.82 Å². The van der Waals surface area contributed by atoms with E-state index in [1.807, 2.05) is 13.1 Å². The number of anilines is 1. The zero-order chi connectivity index (χ0) is 22.9. The first-order chi connectivity index (χ1) is 15.2. The van der Waals surface area contributed by atoms with Crippen LogP contribution in [0.4, 0.5) is 23.7 Å². The maximum absolute atomic E-state index is 13.0. The lowest BCUT2D eigenvalue weighted by molar-refractivity contribution is -0.137. The van der Waals surface area contributed by atoms with Crippen molar-refractivity contribution in [2.24, 2.45) is 0 Å². The molecule has 1 fully saturated rings. The van der Waals surface area contributed by atoms with Gasteiger partial charge in [0.2, 0.25) is 0 Å². The van der Waals surface area contributed by atoms with E-state index in [1.54, 1.807) is 24.3 Å². The number of imidazole rings is 1. The maximum atomic E-state index is 13.0. The fourth-order valence-electron chi connectivity index (χ4n) is 3.88. The number of nitriles is 1. The van der Waals surface area contributed by atoms with Crippen LogP contribution in [0.1, 0.15) is 35.8 Å². The molecule has 0 radical (unpaired) electrons. The number of piperidine rings is 1. The second kappa shape index (κ2) is 8.51. The summed E-state index contributed by atoms with van der Waals surface area (Å²) in [6, 6.07) is 11.3. The van der Waals surface area contributed by atoms with Crippen LogP contribution in [-0.4, -0.2) is 40.5 Å². The Balaban J connectivity index is 1.44. The fraction of sp³-hybridized carbons (Fsp3) is 0.318. The number of urea groups is 1. The third kappa shape index (κ3) is 4.68. The van der Waals surface area contributed by atoms with Gasteiger partial charge in [-0.2, -0.15) is 18.4 Å². The zero-order valence-electron chi connectivity index (χ0n) is 17.2. The second-order valence-corrected chi connectivity index (χ2v) is 7.86. The molecule has 2 heterocycles. The third-order valence-corrected chi connectivity index (χ3v) is 5.62. The van der Waals surface area contributed by atoms with Gasteiger partial charge in [-0.15, -0.1) is 0 Å². The minimum atomic E-state index is -4.42. The fourth-order valence-corrected chi connectivity index (χ4v) is 3.88. The number of benzene rings is 2. The summed E-state index contributed by atoms with van der Waals surface area (Å²) in [5, 5.41) is 14.5. The molecule has 0 aliphatic carbocycles. The summed E-state index contributed by atoms with van der Waals surface area (Å²) in [4.78, 5) is 22.0. The predicted molar refractivity (Wildman–Crippen MR) is 113 cm³/mol. The molecule has 1 aromatic heterocycles. The summed E-state index contributed by atoms with van der Waals surface area (Å²) in [7, 11) is 1.92. The maximum Gasteiger partial charge on any atom is 0.416 e. The Morgan fingerprint density at radius 3 is 2.69 bits per heavy atom. The quantitative estimate of drug-likeness (QED) is 0.560. The van der Waals surface area contributed by atoms with Crippen molar-refractivity contribution in [3.8, 4) is 6.07 Å². The Labute approximate surface area is 182 Å². The van der Waals surface area contributed by atoms with Crippen molar-refractivity contribution in [2.45, 2.75) is 31.1 Å². The second-order valence-electron chi connectivity index (χ2n) is 7.86. The number of nitrogens with zero attached hydrogens (tertiary/aromatic N) is 3. The van der Waals surface area contributed by atoms with Gasteiger partial charge in [-0.3, -0.25) is 4.90 Å². The van der Waals surface area contributed by atoms with E-state index < -0.39 is 11.7 Å². The largest absolute Gasteiger partial charge is 0.416 e. The smallest absolute Gasteiger partial charge is 0.341 e. The Hall–Kier alpha value is -3.58. The molecule has 2 amide bonds. The number of nitrogens with one attached hydrogen (secondary N) is 3. The monoisotopic (exact) mass is 442 g/mol. The highest BCUT2D eigenvalue weighted by Gasteiger charge is 2.32. The molecule has 3 aromatic rings. The number of aromatic amines is 1. The first-order valence-electron chi connectivity index (χ1n) is 10.1. The van der Waals surface area contributed by atoms with Crippen molar-refractivity contribution in [3.63, 3.8) is 0 Å². The number of hydrogen-bond acceptors (Lipinski definition) is 4. The number of hydrogen-bond donors (Lipinski definition) is 3. The van der Waals surface area contributed by atoms with Crippen LogP contribution in [-0.2, 0) is 6.18 Å². The Kier molecular flexibility index (Phi) is 5.76. The molecule has 4 rings (SSSR count). The molecule has 1 aliphatic rings. The summed E-state index contributed by atoms with van der Waals surface area (Å²) in [5.74, 6) is 0.570. The van der Waals surface area contributed by atoms with Gasteiger partial charge in [0.15, 0.2) is 0 Å². The van der Waals surface area contributed by atoms with E-state index in [-0.39, 0.29) is 18.1 Å². The van der Waals surface area contributed by atoms with Crippen LogP contribution in [0.5, 0.6) is 0 Å². The van der Waals surface area contributed by atoms with Gasteiger partial charge in [-0.05, 0) is 62.4 Å². The third-order valence-electron chi connectivity index (χ3n) is 5.62. The number of fused-ring (bicyclic) bond motifs is 1. The molecule has 2 atom stereocenters. The molecule has 2 unspecified atom stereocenters. The number of likely N-dealkylation sites (tertiary alicyclic amines) is 1. The Bertz CT molecular complexity index is 1170. The van der Waals surface area contributed by atoms with Gasteiger partial charge in [0.05, 0.1) is 34.3 Å². The van der Waals surface area contributed by atoms with Crippen LogP contribution >= 0.6 is 0 Å². The van der Waals surface area contributed by atoms with Crippen molar-refractivity contribution in [3.05, 3.63) is 59.4 Å². The van der Waals surface area contributed by atoms with Gasteiger partial charge >= 0.3 is 12.2 Å². The number of rotatable bonds is 3. The van der Waals surface area contributed by atoms with Crippen LogP contribution in [0.3, 0.4) is 0 Å². The number of alkyl halides is 3. The lowest BCUT2D eigenvalue weighted by atomic mass is 9.97.